The molecule has 0 bridgehead atoms. The molecule has 2 aromatic heterocycles. The summed E-state index contributed by atoms with van der Waals surface area (Å²) in [6.07, 6.45) is 5.23. The summed E-state index contributed by atoms with van der Waals surface area (Å²) in [4.78, 5) is 21.3. The van der Waals surface area contributed by atoms with Crippen molar-refractivity contribution in [1.29, 1.82) is 0 Å². The van der Waals surface area contributed by atoms with Crippen molar-refractivity contribution >= 4 is 5.91 Å². The van der Waals surface area contributed by atoms with Crippen molar-refractivity contribution in [2.45, 2.75) is 13.2 Å². The molecule has 2 aromatic carbocycles. The molecule has 0 saturated carbocycles. The lowest BCUT2D eigenvalue weighted by Gasteiger charge is -2.11. The van der Waals surface area contributed by atoms with Gasteiger partial charge in [-0.15, -0.1) is 0 Å². The second-order valence-corrected chi connectivity index (χ2v) is 6.74. The van der Waals surface area contributed by atoms with E-state index in [9.17, 15) is 4.79 Å². The number of rotatable bonds is 7. The van der Waals surface area contributed by atoms with Gasteiger partial charge in [0.2, 0.25) is 0 Å². The first-order chi connectivity index (χ1) is 14.8. The van der Waals surface area contributed by atoms with Crippen molar-refractivity contribution in [1.82, 2.24) is 15.3 Å². The molecule has 0 unspecified atom stereocenters. The maximum atomic E-state index is 12.7. The number of nitrogens with zero attached hydrogens (tertiary/aromatic N) is 2. The van der Waals surface area contributed by atoms with E-state index < -0.39 is 0 Å². The number of nitrogens with one attached hydrogen (secondary N) is 1. The van der Waals surface area contributed by atoms with Gasteiger partial charge < -0.3 is 10.1 Å². The quantitative estimate of drug-likeness (QED) is 0.495. The van der Waals surface area contributed by atoms with Crippen LogP contribution in [0.5, 0.6) is 5.75 Å². The highest BCUT2D eigenvalue weighted by Crippen LogP contribution is 2.20. The van der Waals surface area contributed by atoms with Gasteiger partial charge >= 0.3 is 0 Å². The zero-order valence-electron chi connectivity index (χ0n) is 16.4. The first-order valence-electron chi connectivity index (χ1n) is 9.69. The molecule has 4 aromatic rings. The lowest BCUT2D eigenvalue weighted by Crippen LogP contribution is -2.23. The number of carbonyl (C=O) groups excluding carboxylic acids is 1. The Bertz CT molecular complexity index is 1120. The first kappa shape index (κ1) is 19.3. The van der Waals surface area contributed by atoms with E-state index in [0.717, 1.165) is 22.4 Å². The van der Waals surface area contributed by atoms with E-state index in [1.807, 2.05) is 66.7 Å². The van der Waals surface area contributed by atoms with Crippen LogP contribution in [0.2, 0.25) is 0 Å². The fourth-order valence-corrected chi connectivity index (χ4v) is 3.09. The normalized spacial score (nSPS) is 10.4. The molecule has 0 spiro atoms. The topological polar surface area (TPSA) is 64.1 Å². The summed E-state index contributed by atoms with van der Waals surface area (Å²) in [5.74, 6) is 0.491. The van der Waals surface area contributed by atoms with Crippen LogP contribution in [0, 0.1) is 0 Å². The highest BCUT2D eigenvalue weighted by molar-refractivity contribution is 5.94. The van der Waals surface area contributed by atoms with E-state index >= 15 is 0 Å². The second-order valence-electron chi connectivity index (χ2n) is 6.74. The number of hydrogen-bond donors (Lipinski definition) is 1. The summed E-state index contributed by atoms with van der Waals surface area (Å²) in [6.45, 7) is 0.821. The van der Waals surface area contributed by atoms with Gasteiger partial charge in [-0.3, -0.25) is 14.8 Å². The van der Waals surface area contributed by atoms with Gasteiger partial charge in [0.1, 0.15) is 12.4 Å². The van der Waals surface area contributed by atoms with Crippen molar-refractivity contribution < 1.29 is 9.53 Å². The minimum absolute atomic E-state index is 0.166. The molecule has 5 nitrogen and oxygen atoms in total. The molecule has 0 fully saturated rings. The Morgan fingerprint density at radius 2 is 1.77 bits per heavy atom. The molecule has 1 amide bonds. The van der Waals surface area contributed by atoms with Crippen LogP contribution >= 0.6 is 0 Å². The average Bonchev–Trinajstić information content (AvgIpc) is 2.83. The Kier molecular flexibility index (Phi) is 6.11. The summed E-state index contributed by atoms with van der Waals surface area (Å²) in [5, 5.41) is 2.97. The van der Waals surface area contributed by atoms with Crippen molar-refractivity contribution in [3.63, 3.8) is 0 Å². The molecule has 0 aliphatic rings. The number of hydrogen-bond acceptors (Lipinski definition) is 4. The molecule has 0 saturated heterocycles. The molecular formula is C25H21N3O2. The molecule has 0 aliphatic heterocycles. The van der Waals surface area contributed by atoms with Crippen molar-refractivity contribution in [3.8, 4) is 17.0 Å². The Morgan fingerprint density at radius 3 is 2.60 bits per heavy atom. The monoisotopic (exact) mass is 395 g/mol. The minimum atomic E-state index is -0.166. The van der Waals surface area contributed by atoms with Gasteiger partial charge in [-0.1, -0.05) is 42.5 Å². The number of ether oxygens (including phenoxy) is 1. The van der Waals surface area contributed by atoms with Crippen LogP contribution in [0.15, 0.2) is 97.5 Å². The van der Waals surface area contributed by atoms with Gasteiger partial charge in [0.25, 0.3) is 5.91 Å². The zero-order valence-corrected chi connectivity index (χ0v) is 16.4. The molecule has 148 valence electrons. The van der Waals surface area contributed by atoms with E-state index in [0.29, 0.717) is 24.5 Å². The average molecular weight is 395 g/mol. The SMILES string of the molecule is O=C(NCc1cccnc1-c1cccnc1)c1cccc(OCc2ccccc2)c1. The van der Waals surface area contributed by atoms with Crippen LogP contribution in [0.3, 0.4) is 0 Å². The van der Waals surface area contributed by atoms with E-state index in [4.69, 9.17) is 4.74 Å². The van der Waals surface area contributed by atoms with Crippen LogP contribution in [-0.4, -0.2) is 15.9 Å². The first-order valence-corrected chi connectivity index (χ1v) is 9.69. The summed E-state index contributed by atoms with van der Waals surface area (Å²) >= 11 is 0. The third-order valence-electron chi connectivity index (χ3n) is 4.61. The Balaban J connectivity index is 1.42. The molecule has 4 rings (SSSR count). The summed E-state index contributed by atoms with van der Waals surface area (Å²) < 4.78 is 5.83. The standard InChI is InChI=1S/C25H21N3O2/c29-25(20-9-4-12-23(15-20)30-18-19-7-2-1-3-8-19)28-17-22-11-6-14-27-24(22)21-10-5-13-26-16-21/h1-16H,17-18H2,(H,28,29). The van der Waals surface area contributed by atoms with Crippen molar-refractivity contribution in [2.24, 2.45) is 0 Å². The van der Waals surface area contributed by atoms with E-state index in [2.05, 4.69) is 15.3 Å². The number of aromatic nitrogens is 2. The molecular weight excluding hydrogens is 374 g/mol. The van der Waals surface area contributed by atoms with Crippen LogP contribution in [0.1, 0.15) is 21.5 Å². The predicted molar refractivity (Wildman–Crippen MR) is 116 cm³/mol. The molecule has 1 N–H and O–H groups in total. The minimum Gasteiger partial charge on any atom is -0.489 e. The van der Waals surface area contributed by atoms with Gasteiger partial charge in [-0.2, -0.15) is 0 Å². The molecule has 5 heteroatoms. The van der Waals surface area contributed by atoms with Crippen molar-refractivity contribution in [3.05, 3.63) is 114 Å². The van der Waals surface area contributed by atoms with E-state index in [-0.39, 0.29) is 5.91 Å². The summed E-state index contributed by atoms with van der Waals surface area (Å²) in [5.41, 5.74) is 4.28. The fourth-order valence-electron chi connectivity index (χ4n) is 3.09. The molecule has 0 radical (unpaired) electrons. The smallest absolute Gasteiger partial charge is 0.251 e. The lowest BCUT2D eigenvalue weighted by molar-refractivity contribution is 0.0950. The van der Waals surface area contributed by atoms with Crippen LogP contribution in [0.4, 0.5) is 0 Å². The second kappa shape index (κ2) is 9.47. The fraction of sp³-hybridized carbons (Fsp3) is 0.0800. The maximum absolute atomic E-state index is 12.7. The van der Waals surface area contributed by atoms with Gasteiger partial charge in [0, 0.05) is 36.3 Å². The number of pyridine rings is 2. The zero-order chi connectivity index (χ0) is 20.6. The Morgan fingerprint density at radius 1 is 0.900 bits per heavy atom. The van der Waals surface area contributed by atoms with Gasteiger partial charge in [-0.25, -0.2) is 0 Å². The van der Waals surface area contributed by atoms with Gasteiger partial charge in [0.05, 0.1) is 5.69 Å². The highest BCUT2D eigenvalue weighted by atomic mass is 16.5. The van der Waals surface area contributed by atoms with Gasteiger partial charge in [0.15, 0.2) is 0 Å². The molecule has 30 heavy (non-hydrogen) atoms. The maximum Gasteiger partial charge on any atom is 0.251 e. The number of carbonyl (C=O) groups is 1. The van der Waals surface area contributed by atoms with Crippen molar-refractivity contribution in [2.75, 3.05) is 0 Å². The molecule has 0 aliphatic carbocycles. The summed E-state index contributed by atoms with van der Waals surface area (Å²) in [6, 6.07) is 24.8. The highest BCUT2D eigenvalue weighted by Gasteiger charge is 2.10. The van der Waals surface area contributed by atoms with Crippen LogP contribution < -0.4 is 10.1 Å². The predicted octanol–water partition coefficient (Wildman–Crippen LogP) is 4.65. The largest absolute Gasteiger partial charge is 0.489 e. The number of amides is 1. The molecule has 2 heterocycles. The van der Waals surface area contributed by atoms with E-state index in [1.54, 1.807) is 30.7 Å². The number of benzene rings is 2. The van der Waals surface area contributed by atoms with Gasteiger partial charge in [-0.05, 0) is 47.5 Å². The van der Waals surface area contributed by atoms with Crippen LogP contribution in [0.25, 0.3) is 11.3 Å². The van der Waals surface area contributed by atoms with E-state index in [1.165, 1.54) is 0 Å². The summed E-state index contributed by atoms with van der Waals surface area (Å²) in [7, 11) is 0. The van der Waals surface area contributed by atoms with Crippen LogP contribution in [-0.2, 0) is 13.2 Å². The Hall–Kier alpha value is -3.99. The Labute approximate surface area is 175 Å². The third-order valence-corrected chi connectivity index (χ3v) is 4.61. The molecule has 0 atom stereocenters. The third kappa shape index (κ3) is 4.89. The lowest BCUT2D eigenvalue weighted by atomic mass is 10.1.